The Bertz CT molecular complexity index is 1300. The van der Waals surface area contributed by atoms with Gasteiger partial charge < -0.3 is 14.7 Å². The number of rotatable bonds is 7. The van der Waals surface area contributed by atoms with Crippen LogP contribution in [0.3, 0.4) is 0 Å². The maximum absolute atomic E-state index is 12.9. The third-order valence-electron chi connectivity index (χ3n) is 6.87. The van der Waals surface area contributed by atoms with E-state index in [-0.39, 0.29) is 0 Å². The van der Waals surface area contributed by atoms with Crippen molar-refractivity contribution in [3.05, 3.63) is 76.5 Å². The zero-order chi connectivity index (χ0) is 27.0. The average molecular weight is 513 g/mol. The fraction of sp³-hybridized carbons (Fsp3) is 0.379. The Morgan fingerprint density at radius 1 is 1.00 bits per heavy atom. The molecule has 0 fully saturated rings. The normalized spacial score (nSPS) is 13.7. The van der Waals surface area contributed by atoms with Crippen molar-refractivity contribution in [3.8, 4) is 17.0 Å². The summed E-state index contributed by atoms with van der Waals surface area (Å²) in [6.45, 7) is 5.60. The molecule has 0 amide bonds. The van der Waals surface area contributed by atoms with E-state index in [9.17, 15) is 23.1 Å². The van der Waals surface area contributed by atoms with Gasteiger partial charge in [0.2, 0.25) is 0 Å². The molecule has 1 N–H and O–H groups in total. The fourth-order valence-electron chi connectivity index (χ4n) is 4.68. The second kappa shape index (κ2) is 10.1. The maximum atomic E-state index is 12.9. The van der Waals surface area contributed by atoms with Crippen molar-refractivity contribution in [3.63, 3.8) is 0 Å². The SMILES string of the molecule is Cc1nc(-c2ccc(C(F)(F)F)cc2)ccc1CN(C)c1ccc(OC(C)(C)C(=O)O)c2c1CCCC2. The van der Waals surface area contributed by atoms with Crippen molar-refractivity contribution < 1.29 is 27.8 Å². The third-order valence-corrected chi connectivity index (χ3v) is 6.87. The van der Waals surface area contributed by atoms with Crippen LogP contribution in [0.25, 0.3) is 11.3 Å². The second-order valence-electron chi connectivity index (χ2n) is 10.0. The van der Waals surface area contributed by atoms with Gasteiger partial charge in [-0.1, -0.05) is 18.2 Å². The molecule has 0 saturated carbocycles. The predicted octanol–water partition coefficient (Wildman–Crippen LogP) is 6.83. The summed E-state index contributed by atoms with van der Waals surface area (Å²) in [6, 6.07) is 12.7. The molecule has 3 aromatic rings. The fourth-order valence-corrected chi connectivity index (χ4v) is 4.68. The van der Waals surface area contributed by atoms with Crippen LogP contribution in [0, 0.1) is 6.92 Å². The van der Waals surface area contributed by atoms with E-state index in [1.54, 1.807) is 13.8 Å². The van der Waals surface area contributed by atoms with Crippen LogP contribution >= 0.6 is 0 Å². The molecule has 0 saturated heterocycles. The smallest absolute Gasteiger partial charge is 0.416 e. The van der Waals surface area contributed by atoms with Gasteiger partial charge in [-0.25, -0.2) is 4.79 Å². The standard InChI is InChI=1S/C29H31F3N2O3/c1-18-20(11-14-24(33-18)19-9-12-21(13-10-19)29(30,31)32)17-34(4)25-15-16-26(37-28(2,3)27(35)36)23-8-6-5-7-22(23)25/h9-16H,5-8,17H2,1-4H3,(H,35,36). The van der Waals surface area contributed by atoms with Gasteiger partial charge in [0.05, 0.1) is 11.3 Å². The largest absolute Gasteiger partial charge is 0.478 e. The third kappa shape index (κ3) is 5.73. The summed E-state index contributed by atoms with van der Waals surface area (Å²) in [5, 5.41) is 9.49. The number of hydrogen-bond acceptors (Lipinski definition) is 4. The summed E-state index contributed by atoms with van der Waals surface area (Å²) in [6.07, 6.45) is -0.555. The first-order valence-corrected chi connectivity index (χ1v) is 12.3. The summed E-state index contributed by atoms with van der Waals surface area (Å²) in [4.78, 5) is 18.4. The van der Waals surface area contributed by atoms with E-state index >= 15 is 0 Å². The summed E-state index contributed by atoms with van der Waals surface area (Å²) in [5.74, 6) is -0.390. The minimum Gasteiger partial charge on any atom is -0.478 e. The zero-order valence-corrected chi connectivity index (χ0v) is 21.4. The number of ether oxygens (including phenoxy) is 1. The number of carboxylic acids is 1. The lowest BCUT2D eigenvalue weighted by Gasteiger charge is -2.30. The first kappa shape index (κ1) is 26.5. The highest BCUT2D eigenvalue weighted by molar-refractivity contribution is 5.77. The van der Waals surface area contributed by atoms with Crippen LogP contribution in [0.1, 0.15) is 54.6 Å². The first-order chi connectivity index (χ1) is 17.4. The van der Waals surface area contributed by atoms with Gasteiger partial charge >= 0.3 is 12.1 Å². The molecule has 196 valence electrons. The van der Waals surface area contributed by atoms with Crippen molar-refractivity contribution in [2.75, 3.05) is 11.9 Å². The number of aryl methyl sites for hydroxylation is 1. The van der Waals surface area contributed by atoms with Gasteiger partial charge in [-0.15, -0.1) is 0 Å². The highest BCUT2D eigenvalue weighted by atomic mass is 19.4. The number of aliphatic carboxylic acids is 1. The number of alkyl halides is 3. The minimum absolute atomic E-state index is 0.597. The van der Waals surface area contributed by atoms with E-state index in [1.807, 2.05) is 38.2 Å². The number of carboxylic acid groups (broad SMARTS) is 1. The number of halogens is 3. The Morgan fingerprint density at radius 2 is 1.65 bits per heavy atom. The zero-order valence-electron chi connectivity index (χ0n) is 21.4. The molecule has 1 aromatic heterocycles. The Balaban J connectivity index is 1.56. The number of nitrogens with zero attached hydrogens (tertiary/aromatic N) is 2. The topological polar surface area (TPSA) is 62.7 Å². The molecular formula is C29H31F3N2O3. The van der Waals surface area contributed by atoms with Crippen molar-refractivity contribution in [2.45, 2.75) is 64.8 Å². The van der Waals surface area contributed by atoms with Gasteiger partial charge in [0.15, 0.2) is 5.60 Å². The highest BCUT2D eigenvalue weighted by Gasteiger charge is 2.32. The molecule has 0 unspecified atom stereocenters. The molecule has 37 heavy (non-hydrogen) atoms. The summed E-state index contributed by atoms with van der Waals surface area (Å²) in [5.41, 5.74) is 4.38. The molecule has 1 heterocycles. The highest BCUT2D eigenvalue weighted by Crippen LogP contribution is 2.38. The van der Waals surface area contributed by atoms with Crippen molar-refractivity contribution in [1.82, 2.24) is 4.98 Å². The number of carbonyl (C=O) groups is 1. The molecule has 0 spiro atoms. The summed E-state index contributed by atoms with van der Waals surface area (Å²) < 4.78 is 44.6. The second-order valence-corrected chi connectivity index (χ2v) is 10.0. The van der Waals surface area contributed by atoms with Gasteiger partial charge in [0, 0.05) is 30.5 Å². The van der Waals surface area contributed by atoms with Crippen LogP contribution in [-0.2, 0) is 30.4 Å². The van der Waals surface area contributed by atoms with Gasteiger partial charge in [-0.05, 0) is 93.5 Å². The Hall–Kier alpha value is -3.55. The molecule has 2 aromatic carbocycles. The minimum atomic E-state index is -4.37. The molecule has 0 atom stereocenters. The van der Waals surface area contributed by atoms with Crippen molar-refractivity contribution >= 4 is 11.7 Å². The molecule has 0 radical (unpaired) electrons. The lowest BCUT2D eigenvalue weighted by molar-refractivity contribution is -0.152. The summed E-state index contributed by atoms with van der Waals surface area (Å²) in [7, 11) is 2.01. The molecule has 1 aliphatic rings. The van der Waals surface area contributed by atoms with Crippen LogP contribution in [-0.4, -0.2) is 28.7 Å². The Kier molecular flexibility index (Phi) is 7.22. The maximum Gasteiger partial charge on any atom is 0.416 e. The van der Waals surface area contributed by atoms with Gasteiger partial charge in [0.1, 0.15) is 5.75 Å². The van der Waals surface area contributed by atoms with Crippen LogP contribution in [0.5, 0.6) is 5.75 Å². The average Bonchev–Trinajstić information content (AvgIpc) is 2.84. The van der Waals surface area contributed by atoms with E-state index in [0.29, 0.717) is 23.6 Å². The Morgan fingerprint density at radius 3 is 2.24 bits per heavy atom. The lowest BCUT2D eigenvalue weighted by atomic mass is 9.89. The van der Waals surface area contributed by atoms with E-state index in [4.69, 9.17) is 4.74 Å². The number of pyridine rings is 1. The molecule has 1 aliphatic carbocycles. The molecule has 5 nitrogen and oxygen atoms in total. The number of hydrogen-bond donors (Lipinski definition) is 1. The van der Waals surface area contributed by atoms with E-state index in [0.717, 1.165) is 60.3 Å². The summed E-state index contributed by atoms with van der Waals surface area (Å²) >= 11 is 0. The number of anilines is 1. The van der Waals surface area contributed by atoms with E-state index < -0.39 is 23.3 Å². The van der Waals surface area contributed by atoms with Crippen LogP contribution in [0.2, 0.25) is 0 Å². The molecule has 0 bridgehead atoms. The molecule has 4 rings (SSSR count). The monoisotopic (exact) mass is 512 g/mol. The van der Waals surface area contributed by atoms with Gasteiger partial charge in [0.25, 0.3) is 0 Å². The number of benzene rings is 2. The van der Waals surface area contributed by atoms with Crippen LogP contribution < -0.4 is 9.64 Å². The molecule has 8 heteroatoms. The van der Waals surface area contributed by atoms with Crippen molar-refractivity contribution in [2.24, 2.45) is 0 Å². The molecular weight excluding hydrogens is 481 g/mol. The van der Waals surface area contributed by atoms with Crippen LogP contribution in [0.15, 0.2) is 48.5 Å². The van der Waals surface area contributed by atoms with E-state index in [2.05, 4.69) is 9.88 Å². The van der Waals surface area contributed by atoms with Gasteiger partial charge in [-0.2, -0.15) is 13.2 Å². The Labute approximate surface area is 214 Å². The number of fused-ring (bicyclic) bond motifs is 1. The van der Waals surface area contributed by atoms with Crippen LogP contribution in [0.4, 0.5) is 18.9 Å². The molecule has 0 aliphatic heterocycles. The quantitative estimate of drug-likeness (QED) is 0.376. The lowest BCUT2D eigenvalue weighted by Crippen LogP contribution is -2.38. The van der Waals surface area contributed by atoms with E-state index in [1.165, 1.54) is 17.7 Å². The van der Waals surface area contributed by atoms with Gasteiger partial charge in [-0.3, -0.25) is 4.98 Å². The van der Waals surface area contributed by atoms with Crippen molar-refractivity contribution in [1.29, 1.82) is 0 Å². The predicted molar refractivity (Wildman–Crippen MR) is 137 cm³/mol. The number of aromatic nitrogens is 1. The first-order valence-electron chi connectivity index (χ1n) is 12.3.